The number of hydrogen-bond donors (Lipinski definition) is 0. The highest BCUT2D eigenvalue weighted by Gasteiger charge is 2.57. The first kappa shape index (κ1) is 15.8. The van der Waals surface area contributed by atoms with Gasteiger partial charge in [-0.3, -0.25) is 14.6 Å². The molecule has 3 heterocycles. The molecule has 2 aliphatic heterocycles. The molecule has 1 spiro atoms. The Labute approximate surface area is 133 Å². The second-order valence-electron chi connectivity index (χ2n) is 6.55. The number of hydrogen-bond acceptors (Lipinski definition) is 3. The van der Waals surface area contributed by atoms with Gasteiger partial charge in [0.05, 0.1) is 23.8 Å². The second kappa shape index (κ2) is 5.25. The standard InChI is InChI=1S/C16H19F2N3O2/c1-11-3-4-13(7-19-11)21-6-5-15(14(21)23)8-16(17,18)10-20(9-15)12(2)22/h3-4,7H,5-6,8-10H2,1-2H3. The first-order valence-corrected chi connectivity index (χ1v) is 7.60. The third-order valence-corrected chi connectivity index (χ3v) is 4.68. The van der Waals surface area contributed by atoms with Crippen molar-refractivity contribution in [3.63, 3.8) is 0 Å². The van der Waals surface area contributed by atoms with Gasteiger partial charge in [-0.1, -0.05) is 0 Å². The third-order valence-electron chi connectivity index (χ3n) is 4.68. The lowest BCUT2D eigenvalue weighted by atomic mass is 9.77. The van der Waals surface area contributed by atoms with E-state index in [9.17, 15) is 18.4 Å². The SMILES string of the molecule is CC(=O)N1CC(F)(F)CC2(CCN(c3ccc(C)nc3)C2=O)C1. The molecule has 0 radical (unpaired) electrons. The summed E-state index contributed by atoms with van der Waals surface area (Å²) in [6.45, 7) is 2.92. The summed E-state index contributed by atoms with van der Waals surface area (Å²) in [6, 6.07) is 3.55. The van der Waals surface area contributed by atoms with E-state index in [0.717, 1.165) is 10.6 Å². The number of piperidine rings is 1. The molecule has 23 heavy (non-hydrogen) atoms. The Morgan fingerprint density at radius 2 is 2.04 bits per heavy atom. The van der Waals surface area contributed by atoms with E-state index in [1.165, 1.54) is 11.8 Å². The Morgan fingerprint density at radius 3 is 2.65 bits per heavy atom. The van der Waals surface area contributed by atoms with Gasteiger partial charge in [0.15, 0.2) is 0 Å². The van der Waals surface area contributed by atoms with Gasteiger partial charge in [-0.05, 0) is 25.5 Å². The van der Waals surface area contributed by atoms with Crippen molar-refractivity contribution in [2.75, 3.05) is 24.5 Å². The minimum Gasteiger partial charge on any atom is -0.336 e. The van der Waals surface area contributed by atoms with Crippen LogP contribution in [0.15, 0.2) is 18.3 Å². The summed E-state index contributed by atoms with van der Waals surface area (Å²) in [7, 11) is 0. The van der Waals surface area contributed by atoms with Gasteiger partial charge in [0.1, 0.15) is 0 Å². The molecule has 0 aromatic carbocycles. The molecule has 3 rings (SSSR count). The molecule has 2 amide bonds. The number of alkyl halides is 2. The highest BCUT2D eigenvalue weighted by Crippen LogP contribution is 2.46. The van der Waals surface area contributed by atoms with Gasteiger partial charge in [-0.15, -0.1) is 0 Å². The molecule has 5 nitrogen and oxygen atoms in total. The topological polar surface area (TPSA) is 53.5 Å². The van der Waals surface area contributed by atoms with E-state index in [4.69, 9.17) is 0 Å². The van der Waals surface area contributed by atoms with Crippen LogP contribution in [0.2, 0.25) is 0 Å². The summed E-state index contributed by atoms with van der Waals surface area (Å²) < 4.78 is 28.2. The molecule has 2 aliphatic rings. The molecule has 2 fully saturated rings. The van der Waals surface area contributed by atoms with Crippen LogP contribution in [0.25, 0.3) is 0 Å². The predicted octanol–water partition coefficient (Wildman–Crippen LogP) is 2.00. The number of anilines is 1. The molecule has 0 bridgehead atoms. The lowest BCUT2D eigenvalue weighted by Crippen LogP contribution is -2.56. The first-order valence-electron chi connectivity index (χ1n) is 7.60. The van der Waals surface area contributed by atoms with E-state index in [1.807, 2.05) is 6.92 Å². The Morgan fingerprint density at radius 1 is 1.30 bits per heavy atom. The average Bonchev–Trinajstić information content (AvgIpc) is 2.75. The number of nitrogens with zero attached hydrogens (tertiary/aromatic N) is 3. The van der Waals surface area contributed by atoms with Crippen LogP contribution < -0.4 is 4.90 Å². The van der Waals surface area contributed by atoms with Crippen molar-refractivity contribution < 1.29 is 18.4 Å². The van der Waals surface area contributed by atoms with Crippen molar-refractivity contribution in [1.82, 2.24) is 9.88 Å². The number of pyridine rings is 1. The fourth-order valence-electron chi connectivity index (χ4n) is 3.53. The minimum absolute atomic E-state index is 0.0621. The van der Waals surface area contributed by atoms with Gasteiger partial charge < -0.3 is 9.80 Å². The smallest absolute Gasteiger partial charge is 0.266 e. The zero-order valence-corrected chi connectivity index (χ0v) is 13.2. The number of amides is 2. The average molecular weight is 323 g/mol. The molecular weight excluding hydrogens is 304 g/mol. The van der Waals surface area contributed by atoms with Crippen LogP contribution >= 0.6 is 0 Å². The molecule has 0 aliphatic carbocycles. The number of carbonyl (C=O) groups is 2. The summed E-state index contributed by atoms with van der Waals surface area (Å²) >= 11 is 0. The lowest BCUT2D eigenvalue weighted by molar-refractivity contribution is -0.158. The summed E-state index contributed by atoms with van der Waals surface area (Å²) in [5.41, 5.74) is 0.237. The normalized spacial score (nSPS) is 26.9. The van der Waals surface area contributed by atoms with Crippen LogP contribution in [0, 0.1) is 12.3 Å². The maximum Gasteiger partial charge on any atom is 0.266 e. The van der Waals surface area contributed by atoms with Crippen molar-refractivity contribution >= 4 is 17.5 Å². The highest BCUT2D eigenvalue weighted by atomic mass is 19.3. The van der Waals surface area contributed by atoms with Gasteiger partial charge in [0, 0.05) is 32.1 Å². The summed E-state index contributed by atoms with van der Waals surface area (Å²) in [6.07, 6.45) is 1.40. The van der Waals surface area contributed by atoms with Crippen LogP contribution in [0.5, 0.6) is 0 Å². The van der Waals surface area contributed by atoms with Crippen LogP contribution in [-0.4, -0.2) is 47.3 Å². The quantitative estimate of drug-likeness (QED) is 0.794. The fourth-order valence-corrected chi connectivity index (χ4v) is 3.53. The molecule has 2 saturated heterocycles. The van der Waals surface area contributed by atoms with Gasteiger partial charge >= 0.3 is 0 Å². The van der Waals surface area contributed by atoms with Gasteiger partial charge in [-0.25, -0.2) is 8.78 Å². The molecule has 1 atom stereocenters. The molecule has 0 N–H and O–H groups in total. The molecule has 1 unspecified atom stereocenters. The molecule has 124 valence electrons. The van der Waals surface area contributed by atoms with E-state index < -0.39 is 30.2 Å². The summed E-state index contributed by atoms with van der Waals surface area (Å²) in [4.78, 5) is 31.2. The van der Waals surface area contributed by atoms with Crippen molar-refractivity contribution in [2.45, 2.75) is 32.6 Å². The zero-order chi connectivity index (χ0) is 16.8. The number of rotatable bonds is 1. The van der Waals surface area contributed by atoms with Crippen molar-refractivity contribution in [3.8, 4) is 0 Å². The van der Waals surface area contributed by atoms with Crippen LogP contribution in [0.4, 0.5) is 14.5 Å². The molecular formula is C16H19F2N3O2. The zero-order valence-electron chi connectivity index (χ0n) is 13.2. The third kappa shape index (κ3) is 2.80. The van der Waals surface area contributed by atoms with E-state index in [0.29, 0.717) is 18.7 Å². The summed E-state index contributed by atoms with van der Waals surface area (Å²) in [5, 5.41) is 0. The van der Waals surface area contributed by atoms with Gasteiger partial charge in [-0.2, -0.15) is 0 Å². The van der Waals surface area contributed by atoms with E-state index >= 15 is 0 Å². The van der Waals surface area contributed by atoms with Gasteiger partial charge in [0.2, 0.25) is 11.8 Å². The molecule has 0 saturated carbocycles. The Bertz CT molecular complexity index is 647. The van der Waals surface area contributed by atoms with Crippen LogP contribution in [0.3, 0.4) is 0 Å². The van der Waals surface area contributed by atoms with E-state index in [1.54, 1.807) is 18.3 Å². The lowest BCUT2D eigenvalue weighted by Gasteiger charge is -2.42. The molecule has 7 heteroatoms. The van der Waals surface area contributed by atoms with E-state index in [-0.39, 0.29) is 12.5 Å². The minimum atomic E-state index is -3.04. The number of likely N-dealkylation sites (tertiary alicyclic amines) is 1. The maximum absolute atomic E-state index is 14.1. The Kier molecular flexibility index (Phi) is 3.61. The Balaban J connectivity index is 1.89. The van der Waals surface area contributed by atoms with Crippen molar-refractivity contribution in [1.29, 1.82) is 0 Å². The van der Waals surface area contributed by atoms with Gasteiger partial charge in [0.25, 0.3) is 5.92 Å². The second-order valence-corrected chi connectivity index (χ2v) is 6.55. The van der Waals surface area contributed by atoms with Crippen molar-refractivity contribution in [3.05, 3.63) is 24.0 Å². The molecule has 1 aromatic heterocycles. The largest absolute Gasteiger partial charge is 0.336 e. The number of aromatic nitrogens is 1. The van der Waals surface area contributed by atoms with E-state index in [2.05, 4.69) is 4.98 Å². The Hall–Kier alpha value is -2.05. The van der Waals surface area contributed by atoms with Crippen LogP contribution in [0.1, 0.15) is 25.5 Å². The fraction of sp³-hybridized carbons (Fsp3) is 0.562. The summed E-state index contributed by atoms with van der Waals surface area (Å²) in [5.74, 6) is -3.80. The van der Waals surface area contributed by atoms with Crippen LogP contribution in [-0.2, 0) is 9.59 Å². The number of carbonyl (C=O) groups excluding carboxylic acids is 2. The highest BCUT2D eigenvalue weighted by molar-refractivity contribution is 6.00. The predicted molar refractivity (Wildman–Crippen MR) is 80.2 cm³/mol. The van der Waals surface area contributed by atoms with Crippen molar-refractivity contribution in [2.24, 2.45) is 5.41 Å². The number of aryl methyl sites for hydroxylation is 1. The number of halogens is 2. The molecule has 1 aromatic rings. The first-order chi connectivity index (χ1) is 10.7. The maximum atomic E-state index is 14.1. The monoisotopic (exact) mass is 323 g/mol.